The molecule has 0 aliphatic rings. The second kappa shape index (κ2) is 9.81. The van der Waals surface area contributed by atoms with Gasteiger partial charge in [0.1, 0.15) is 17.1 Å². The van der Waals surface area contributed by atoms with Gasteiger partial charge in [-0.25, -0.2) is 4.98 Å². The van der Waals surface area contributed by atoms with Crippen molar-refractivity contribution in [3.8, 4) is 11.6 Å². The summed E-state index contributed by atoms with van der Waals surface area (Å²) in [5, 5.41) is 11.0. The van der Waals surface area contributed by atoms with Crippen molar-refractivity contribution in [3.63, 3.8) is 0 Å². The average molecular weight is 486 g/mol. The normalized spacial score (nSPS) is 11.4. The number of carbonyl (C=O) groups is 2. The van der Waals surface area contributed by atoms with Gasteiger partial charge in [-0.3, -0.25) is 9.59 Å². The second-order valence-electron chi connectivity index (χ2n) is 9.79. The molecule has 0 unspecified atom stereocenters. The standard InChI is InChI=1S/C28H31N5O3/c1-17-14-23(31-26-21(17)8-7-9-22(26)36-6)33-24(15-18(2)32-33)30-25(34)16-29-27(35)19-10-12-20(13-11-19)28(3,4)5/h7-15H,16H2,1-6H3,(H,29,35)(H,30,34). The first-order valence-corrected chi connectivity index (χ1v) is 11.8. The van der Waals surface area contributed by atoms with Gasteiger partial charge in [-0.2, -0.15) is 9.78 Å². The molecule has 0 bridgehead atoms. The number of aryl methyl sites for hydroxylation is 2. The SMILES string of the molecule is COc1cccc2c(C)cc(-n3nc(C)cc3NC(=O)CNC(=O)c3ccc(C(C)(C)C)cc3)nc12. The summed E-state index contributed by atoms with van der Waals surface area (Å²) in [6.07, 6.45) is 0. The van der Waals surface area contributed by atoms with Gasteiger partial charge in [-0.15, -0.1) is 0 Å². The van der Waals surface area contributed by atoms with E-state index in [2.05, 4.69) is 36.5 Å². The molecule has 0 radical (unpaired) electrons. The number of carbonyl (C=O) groups excluding carboxylic acids is 2. The predicted octanol–water partition coefficient (Wildman–Crippen LogP) is 4.71. The lowest BCUT2D eigenvalue weighted by Crippen LogP contribution is -2.33. The molecule has 0 saturated carbocycles. The first-order valence-electron chi connectivity index (χ1n) is 11.8. The predicted molar refractivity (Wildman–Crippen MR) is 141 cm³/mol. The minimum atomic E-state index is -0.370. The molecule has 8 nitrogen and oxygen atoms in total. The second-order valence-corrected chi connectivity index (χ2v) is 9.79. The number of nitrogens with one attached hydrogen (secondary N) is 2. The number of methoxy groups -OCH3 is 1. The van der Waals surface area contributed by atoms with E-state index in [1.165, 1.54) is 0 Å². The maximum absolute atomic E-state index is 12.7. The Balaban J connectivity index is 1.50. The Kier molecular flexibility index (Phi) is 6.79. The lowest BCUT2D eigenvalue weighted by Gasteiger charge is -2.19. The molecular weight excluding hydrogens is 454 g/mol. The minimum Gasteiger partial charge on any atom is -0.494 e. The van der Waals surface area contributed by atoms with Crippen LogP contribution >= 0.6 is 0 Å². The number of amides is 2. The third-order valence-corrected chi connectivity index (χ3v) is 5.95. The number of rotatable bonds is 6. The first kappa shape index (κ1) is 24.9. The lowest BCUT2D eigenvalue weighted by atomic mass is 9.87. The zero-order valence-electron chi connectivity index (χ0n) is 21.5. The van der Waals surface area contributed by atoms with Gasteiger partial charge in [0.2, 0.25) is 5.91 Å². The van der Waals surface area contributed by atoms with Crippen molar-refractivity contribution in [1.29, 1.82) is 0 Å². The van der Waals surface area contributed by atoms with E-state index in [-0.39, 0.29) is 23.8 Å². The molecule has 4 rings (SSSR count). The molecule has 0 spiro atoms. The molecule has 36 heavy (non-hydrogen) atoms. The molecule has 4 aromatic rings. The van der Waals surface area contributed by atoms with E-state index in [1.807, 2.05) is 50.2 Å². The lowest BCUT2D eigenvalue weighted by molar-refractivity contribution is -0.115. The number of para-hydroxylation sites is 1. The fourth-order valence-electron chi connectivity index (χ4n) is 3.98. The summed E-state index contributed by atoms with van der Waals surface area (Å²) in [6.45, 7) is 10.00. The average Bonchev–Trinajstić information content (AvgIpc) is 3.21. The van der Waals surface area contributed by atoms with Gasteiger partial charge in [0.05, 0.1) is 19.3 Å². The van der Waals surface area contributed by atoms with Crippen molar-refractivity contribution in [3.05, 3.63) is 77.0 Å². The summed E-state index contributed by atoms with van der Waals surface area (Å²) in [5.41, 5.74) is 4.07. The fourth-order valence-corrected chi connectivity index (χ4v) is 3.98. The molecule has 2 heterocycles. The largest absolute Gasteiger partial charge is 0.494 e. The van der Waals surface area contributed by atoms with E-state index < -0.39 is 0 Å². The van der Waals surface area contributed by atoms with Crippen molar-refractivity contribution in [2.24, 2.45) is 0 Å². The molecule has 2 aromatic carbocycles. The maximum atomic E-state index is 12.7. The molecule has 2 amide bonds. The molecule has 2 N–H and O–H groups in total. The van der Waals surface area contributed by atoms with Crippen LogP contribution in [0.15, 0.2) is 54.6 Å². The van der Waals surface area contributed by atoms with Crippen LogP contribution in [0.2, 0.25) is 0 Å². The Labute approximate surface area is 210 Å². The Morgan fingerprint density at radius 3 is 2.42 bits per heavy atom. The molecule has 8 heteroatoms. The number of anilines is 1. The summed E-state index contributed by atoms with van der Waals surface area (Å²) >= 11 is 0. The van der Waals surface area contributed by atoms with Crippen LogP contribution in [0.3, 0.4) is 0 Å². The topological polar surface area (TPSA) is 98.1 Å². The van der Waals surface area contributed by atoms with Gasteiger partial charge in [0.15, 0.2) is 5.82 Å². The van der Waals surface area contributed by atoms with Crippen molar-refractivity contribution < 1.29 is 14.3 Å². The quantitative estimate of drug-likeness (QED) is 0.412. The number of nitrogens with zero attached hydrogens (tertiary/aromatic N) is 3. The monoisotopic (exact) mass is 485 g/mol. The number of hydrogen-bond acceptors (Lipinski definition) is 5. The Bertz CT molecular complexity index is 1430. The summed E-state index contributed by atoms with van der Waals surface area (Å²) < 4.78 is 7.07. The smallest absolute Gasteiger partial charge is 0.251 e. The number of fused-ring (bicyclic) bond motifs is 1. The van der Waals surface area contributed by atoms with Crippen LogP contribution in [-0.4, -0.2) is 40.2 Å². The van der Waals surface area contributed by atoms with Crippen LogP contribution in [-0.2, 0) is 10.2 Å². The molecular formula is C28H31N5O3. The number of hydrogen-bond donors (Lipinski definition) is 2. The van der Waals surface area contributed by atoms with Gasteiger partial charge >= 0.3 is 0 Å². The highest BCUT2D eigenvalue weighted by atomic mass is 16.5. The van der Waals surface area contributed by atoms with Crippen molar-refractivity contribution in [1.82, 2.24) is 20.1 Å². The number of ether oxygens (including phenoxy) is 1. The summed E-state index contributed by atoms with van der Waals surface area (Å²) in [5.74, 6) is 0.989. The fraction of sp³-hybridized carbons (Fsp3) is 0.286. The minimum absolute atomic E-state index is 0.000453. The Morgan fingerprint density at radius 1 is 1.03 bits per heavy atom. The Hall–Kier alpha value is -4.20. The van der Waals surface area contributed by atoms with E-state index >= 15 is 0 Å². The van der Waals surface area contributed by atoms with Gasteiger partial charge < -0.3 is 15.4 Å². The number of pyridine rings is 1. The zero-order valence-corrected chi connectivity index (χ0v) is 21.5. The van der Waals surface area contributed by atoms with Crippen LogP contribution in [0.5, 0.6) is 5.75 Å². The molecule has 0 atom stereocenters. The van der Waals surface area contributed by atoms with E-state index in [9.17, 15) is 9.59 Å². The van der Waals surface area contributed by atoms with Gasteiger partial charge in [-0.1, -0.05) is 45.0 Å². The summed E-state index contributed by atoms with van der Waals surface area (Å²) in [7, 11) is 1.61. The Morgan fingerprint density at radius 2 is 1.75 bits per heavy atom. The third kappa shape index (κ3) is 5.22. The van der Waals surface area contributed by atoms with Gasteiger partial charge in [0.25, 0.3) is 5.91 Å². The third-order valence-electron chi connectivity index (χ3n) is 5.95. The molecule has 0 saturated heterocycles. The van der Waals surface area contributed by atoms with Crippen LogP contribution in [0.4, 0.5) is 5.82 Å². The highest BCUT2D eigenvalue weighted by Crippen LogP contribution is 2.28. The van der Waals surface area contributed by atoms with Crippen LogP contribution in [0.1, 0.15) is 48.0 Å². The molecule has 0 fully saturated rings. The maximum Gasteiger partial charge on any atom is 0.251 e. The highest BCUT2D eigenvalue weighted by Gasteiger charge is 2.17. The molecule has 2 aromatic heterocycles. The molecule has 186 valence electrons. The van der Waals surface area contributed by atoms with E-state index in [0.717, 1.165) is 16.5 Å². The number of benzene rings is 2. The van der Waals surface area contributed by atoms with Crippen molar-refractivity contribution >= 4 is 28.5 Å². The van der Waals surface area contributed by atoms with E-state index in [0.29, 0.717) is 34.2 Å². The van der Waals surface area contributed by atoms with Crippen LogP contribution in [0, 0.1) is 13.8 Å². The summed E-state index contributed by atoms with van der Waals surface area (Å²) in [6, 6.07) is 16.8. The summed E-state index contributed by atoms with van der Waals surface area (Å²) in [4.78, 5) is 30.0. The zero-order chi connectivity index (χ0) is 26.0. The van der Waals surface area contributed by atoms with Gasteiger partial charge in [0, 0.05) is 17.0 Å². The van der Waals surface area contributed by atoms with E-state index in [4.69, 9.17) is 9.72 Å². The van der Waals surface area contributed by atoms with Crippen molar-refractivity contribution in [2.75, 3.05) is 19.0 Å². The van der Waals surface area contributed by atoms with E-state index in [1.54, 1.807) is 30.0 Å². The molecule has 0 aliphatic heterocycles. The molecule has 0 aliphatic carbocycles. The van der Waals surface area contributed by atoms with Gasteiger partial charge in [-0.05, 0) is 54.7 Å². The highest BCUT2D eigenvalue weighted by molar-refractivity contribution is 5.99. The first-order chi connectivity index (χ1) is 17.1. The van der Waals surface area contributed by atoms with Crippen molar-refractivity contribution in [2.45, 2.75) is 40.0 Å². The van der Waals surface area contributed by atoms with Crippen LogP contribution in [0.25, 0.3) is 16.7 Å². The van der Waals surface area contributed by atoms with Crippen LogP contribution < -0.4 is 15.4 Å². The number of aromatic nitrogens is 3.